The summed E-state index contributed by atoms with van der Waals surface area (Å²) in [6.45, 7) is 2.06. The van der Waals surface area contributed by atoms with Crippen LogP contribution in [0.4, 0.5) is 0 Å². The summed E-state index contributed by atoms with van der Waals surface area (Å²) in [6, 6.07) is 0. The molecule has 0 bridgehead atoms. The highest BCUT2D eigenvalue weighted by atomic mass is 16.2. The molecule has 3 fully saturated rings. The van der Waals surface area contributed by atoms with Gasteiger partial charge in [-0.15, -0.1) is 0 Å². The molecular formula is C10H16N2O. The third-order valence-corrected chi connectivity index (χ3v) is 3.94. The molecule has 2 saturated heterocycles. The molecule has 1 amide bonds. The van der Waals surface area contributed by atoms with Crippen LogP contribution in [0.5, 0.6) is 0 Å². The Balaban J connectivity index is 1.87. The fraction of sp³-hybridized carbons (Fsp3) is 0.900. The Morgan fingerprint density at radius 2 is 2.15 bits per heavy atom. The van der Waals surface area contributed by atoms with Crippen LogP contribution in [0.15, 0.2) is 0 Å². The lowest BCUT2D eigenvalue weighted by Gasteiger charge is -2.18. The number of carbonyl (C=O) groups excluding carboxylic acids is 1. The highest BCUT2D eigenvalue weighted by Crippen LogP contribution is 2.53. The van der Waals surface area contributed by atoms with Crippen molar-refractivity contribution in [2.75, 3.05) is 20.1 Å². The van der Waals surface area contributed by atoms with Crippen LogP contribution in [0, 0.1) is 5.41 Å². The number of amides is 1. The van der Waals surface area contributed by atoms with E-state index >= 15 is 0 Å². The number of likely N-dealkylation sites (tertiary alicyclic amines) is 1. The summed E-state index contributed by atoms with van der Waals surface area (Å²) in [5.41, 5.74) is 0.244. The van der Waals surface area contributed by atoms with Crippen molar-refractivity contribution in [2.24, 2.45) is 5.41 Å². The van der Waals surface area contributed by atoms with Crippen molar-refractivity contribution < 1.29 is 4.79 Å². The zero-order valence-corrected chi connectivity index (χ0v) is 8.10. The third-order valence-electron chi connectivity index (χ3n) is 3.94. The van der Waals surface area contributed by atoms with Crippen molar-refractivity contribution in [1.29, 1.82) is 0 Å². The summed E-state index contributed by atoms with van der Waals surface area (Å²) in [5.74, 6) is 0.328. The van der Waals surface area contributed by atoms with Gasteiger partial charge in [-0.25, -0.2) is 0 Å². The standard InChI is InChI=1S/C10H16N2O/c1-12-5-4-9(7-12)6-10(2-3-10)11-8(9)13/h2-7H2,1H3,(H,11,13). The quantitative estimate of drug-likeness (QED) is 0.584. The largest absolute Gasteiger partial charge is 0.350 e. The van der Waals surface area contributed by atoms with E-state index in [0.717, 1.165) is 25.9 Å². The van der Waals surface area contributed by atoms with Crippen molar-refractivity contribution in [2.45, 2.75) is 31.2 Å². The lowest BCUT2D eigenvalue weighted by molar-refractivity contribution is -0.127. The molecule has 3 nitrogen and oxygen atoms in total. The Labute approximate surface area is 78.5 Å². The van der Waals surface area contributed by atoms with Gasteiger partial charge >= 0.3 is 0 Å². The molecule has 1 N–H and O–H groups in total. The van der Waals surface area contributed by atoms with Gasteiger partial charge in [0.1, 0.15) is 0 Å². The van der Waals surface area contributed by atoms with Crippen molar-refractivity contribution >= 4 is 5.91 Å². The molecule has 2 aliphatic heterocycles. The fourth-order valence-corrected chi connectivity index (χ4v) is 3.01. The predicted octanol–water partition coefficient (Wildman–Crippen LogP) is 0.361. The van der Waals surface area contributed by atoms with Gasteiger partial charge in [0.25, 0.3) is 0 Å². The second-order valence-electron chi connectivity index (χ2n) is 5.18. The summed E-state index contributed by atoms with van der Waals surface area (Å²) in [4.78, 5) is 14.1. The SMILES string of the molecule is CN1CCC2(C1)CC1(CC1)NC2=O. The summed E-state index contributed by atoms with van der Waals surface area (Å²) in [7, 11) is 2.11. The second kappa shape index (κ2) is 2.08. The highest BCUT2D eigenvalue weighted by Gasteiger charge is 2.60. The molecule has 13 heavy (non-hydrogen) atoms. The van der Waals surface area contributed by atoms with Crippen LogP contribution in [-0.2, 0) is 4.79 Å². The van der Waals surface area contributed by atoms with Gasteiger partial charge in [0, 0.05) is 12.1 Å². The molecular weight excluding hydrogens is 164 g/mol. The van der Waals surface area contributed by atoms with E-state index in [0.29, 0.717) is 5.91 Å². The van der Waals surface area contributed by atoms with Gasteiger partial charge in [-0.3, -0.25) is 4.79 Å². The van der Waals surface area contributed by atoms with Crippen LogP contribution < -0.4 is 5.32 Å². The predicted molar refractivity (Wildman–Crippen MR) is 49.3 cm³/mol. The summed E-state index contributed by atoms with van der Waals surface area (Å²) in [5, 5.41) is 3.19. The average molecular weight is 180 g/mol. The van der Waals surface area contributed by atoms with Gasteiger partial charge in [-0.05, 0) is 39.3 Å². The van der Waals surface area contributed by atoms with E-state index in [1.165, 1.54) is 12.8 Å². The molecule has 0 aromatic heterocycles. The molecule has 1 atom stereocenters. The highest BCUT2D eigenvalue weighted by molar-refractivity contribution is 5.87. The van der Waals surface area contributed by atoms with Crippen LogP contribution in [-0.4, -0.2) is 36.5 Å². The fourth-order valence-electron chi connectivity index (χ4n) is 3.01. The van der Waals surface area contributed by atoms with Crippen molar-refractivity contribution in [1.82, 2.24) is 10.2 Å². The van der Waals surface area contributed by atoms with Gasteiger partial charge in [0.05, 0.1) is 5.41 Å². The average Bonchev–Trinajstić information content (AvgIpc) is 2.59. The number of hydrogen-bond acceptors (Lipinski definition) is 2. The first-order valence-electron chi connectivity index (χ1n) is 5.16. The normalized spacial score (nSPS) is 41.8. The molecule has 0 radical (unpaired) electrons. The van der Waals surface area contributed by atoms with E-state index in [9.17, 15) is 4.79 Å². The number of carbonyl (C=O) groups is 1. The van der Waals surface area contributed by atoms with Gasteiger partial charge < -0.3 is 10.2 Å². The van der Waals surface area contributed by atoms with Crippen molar-refractivity contribution in [3.8, 4) is 0 Å². The second-order valence-corrected chi connectivity index (χ2v) is 5.18. The van der Waals surface area contributed by atoms with Crippen LogP contribution >= 0.6 is 0 Å². The smallest absolute Gasteiger partial charge is 0.228 e. The van der Waals surface area contributed by atoms with E-state index in [-0.39, 0.29) is 11.0 Å². The van der Waals surface area contributed by atoms with E-state index < -0.39 is 0 Å². The topological polar surface area (TPSA) is 32.3 Å². The minimum Gasteiger partial charge on any atom is -0.350 e. The van der Waals surface area contributed by atoms with Crippen LogP contribution in [0.3, 0.4) is 0 Å². The first-order valence-corrected chi connectivity index (χ1v) is 5.16. The first-order chi connectivity index (χ1) is 6.14. The maximum atomic E-state index is 11.9. The number of nitrogens with one attached hydrogen (secondary N) is 1. The number of hydrogen-bond donors (Lipinski definition) is 1. The minimum absolute atomic E-state index is 0.00868. The van der Waals surface area contributed by atoms with Crippen LogP contribution in [0.25, 0.3) is 0 Å². The van der Waals surface area contributed by atoms with Crippen LogP contribution in [0.1, 0.15) is 25.7 Å². The van der Waals surface area contributed by atoms with E-state index in [2.05, 4.69) is 17.3 Å². The molecule has 2 heterocycles. The third kappa shape index (κ3) is 0.966. The summed E-state index contributed by atoms with van der Waals surface area (Å²) >= 11 is 0. The Bertz CT molecular complexity index is 272. The number of nitrogens with zero attached hydrogens (tertiary/aromatic N) is 1. The zero-order chi connectivity index (χ0) is 9.10. The number of rotatable bonds is 0. The van der Waals surface area contributed by atoms with Gasteiger partial charge in [-0.2, -0.15) is 0 Å². The lowest BCUT2D eigenvalue weighted by atomic mass is 9.83. The Morgan fingerprint density at radius 1 is 1.38 bits per heavy atom. The summed E-state index contributed by atoms with van der Waals surface area (Å²) < 4.78 is 0. The molecule has 3 aliphatic rings. The molecule has 0 aromatic carbocycles. The lowest BCUT2D eigenvalue weighted by Crippen LogP contribution is -2.34. The molecule has 0 aromatic rings. The van der Waals surface area contributed by atoms with Gasteiger partial charge in [-0.1, -0.05) is 0 Å². The molecule has 1 saturated carbocycles. The van der Waals surface area contributed by atoms with Crippen molar-refractivity contribution in [3.63, 3.8) is 0 Å². The van der Waals surface area contributed by atoms with E-state index in [1.54, 1.807) is 0 Å². The molecule has 3 heteroatoms. The molecule has 2 spiro atoms. The molecule has 3 rings (SSSR count). The maximum Gasteiger partial charge on any atom is 0.228 e. The monoisotopic (exact) mass is 180 g/mol. The molecule has 1 aliphatic carbocycles. The first kappa shape index (κ1) is 7.80. The van der Waals surface area contributed by atoms with Crippen LogP contribution in [0.2, 0.25) is 0 Å². The van der Waals surface area contributed by atoms with E-state index in [4.69, 9.17) is 0 Å². The van der Waals surface area contributed by atoms with Crippen molar-refractivity contribution in [3.05, 3.63) is 0 Å². The van der Waals surface area contributed by atoms with Gasteiger partial charge in [0.15, 0.2) is 0 Å². The maximum absolute atomic E-state index is 11.9. The summed E-state index contributed by atoms with van der Waals surface area (Å²) in [6.07, 6.45) is 4.59. The minimum atomic E-state index is -0.00868. The Morgan fingerprint density at radius 3 is 2.62 bits per heavy atom. The Kier molecular flexibility index (Phi) is 1.25. The zero-order valence-electron chi connectivity index (χ0n) is 8.10. The van der Waals surface area contributed by atoms with Gasteiger partial charge in [0.2, 0.25) is 5.91 Å². The molecule has 72 valence electrons. The Hall–Kier alpha value is -0.570. The molecule has 1 unspecified atom stereocenters. The van der Waals surface area contributed by atoms with E-state index in [1.807, 2.05) is 0 Å².